The third kappa shape index (κ3) is 71.4. The molecule has 0 aliphatic rings. The van der Waals surface area contributed by atoms with E-state index in [9.17, 15) is 43.2 Å². The molecule has 98 heavy (non-hydrogen) atoms. The van der Waals surface area contributed by atoms with Gasteiger partial charge < -0.3 is 33.8 Å². The molecular formula is C79H146O17P2. The van der Waals surface area contributed by atoms with Gasteiger partial charge in [-0.3, -0.25) is 37.3 Å². The monoisotopic (exact) mass is 1430 g/mol. The highest BCUT2D eigenvalue weighted by atomic mass is 31.2. The van der Waals surface area contributed by atoms with E-state index in [1.54, 1.807) is 0 Å². The standard InChI is InChI=1S/C79H146O17P2/c1-5-9-13-17-21-25-29-33-35-36-38-42-44-48-52-56-60-64-77(82)90-70-75(96-79(84)66-62-58-54-50-46-40-32-28-24-20-16-12-8-4)72-94-98(87,88)92-68-73(80)67-91-97(85,86)93-71-74(95-78(83)65-61-57-53-49-45-39-31-27-23-19-15-11-7-3)69-89-76(81)63-59-55-51-47-43-41-37-34-30-26-22-18-14-10-6-2/h21,25,33,35,38,42,48,52,73-75,80H,5-20,22-24,26-32,34,36-37,39-41,43-47,49-51,53-72H2,1-4H3,(H,85,86)(H,87,88)/b25-21-,35-33-,42-38-,52-48-/t73-,74-,75-/m1/s1. The number of aliphatic hydroxyl groups is 1. The number of rotatable bonds is 76. The van der Waals surface area contributed by atoms with Crippen molar-refractivity contribution in [1.29, 1.82) is 0 Å². The van der Waals surface area contributed by atoms with Crippen molar-refractivity contribution >= 4 is 39.5 Å². The summed E-state index contributed by atoms with van der Waals surface area (Å²) in [6.07, 6.45) is 69.5. The Labute approximate surface area is 597 Å². The first-order chi connectivity index (χ1) is 47.7. The molecule has 0 spiro atoms. The van der Waals surface area contributed by atoms with Crippen LogP contribution in [0.1, 0.15) is 374 Å². The molecule has 0 fully saturated rings. The Hall–Kier alpha value is -2.98. The highest BCUT2D eigenvalue weighted by Gasteiger charge is 2.30. The van der Waals surface area contributed by atoms with Crippen molar-refractivity contribution in [2.75, 3.05) is 39.6 Å². The summed E-state index contributed by atoms with van der Waals surface area (Å²) in [4.78, 5) is 72.9. The van der Waals surface area contributed by atoms with Crippen LogP contribution in [0.25, 0.3) is 0 Å². The fraction of sp³-hybridized carbons (Fsp3) is 0.848. The lowest BCUT2D eigenvalue weighted by molar-refractivity contribution is -0.161. The predicted molar refractivity (Wildman–Crippen MR) is 400 cm³/mol. The number of carbonyl (C=O) groups is 4. The van der Waals surface area contributed by atoms with E-state index in [1.807, 2.05) is 12.2 Å². The van der Waals surface area contributed by atoms with Crippen LogP contribution < -0.4 is 0 Å². The third-order valence-electron chi connectivity index (χ3n) is 17.3. The molecule has 0 aromatic rings. The average molecular weight is 1430 g/mol. The molecule has 574 valence electrons. The van der Waals surface area contributed by atoms with Gasteiger partial charge >= 0.3 is 39.5 Å². The zero-order chi connectivity index (χ0) is 71.8. The summed E-state index contributed by atoms with van der Waals surface area (Å²) in [7, 11) is -9.94. The number of ether oxygens (including phenoxy) is 4. The summed E-state index contributed by atoms with van der Waals surface area (Å²) in [5.74, 6) is -2.20. The van der Waals surface area contributed by atoms with Crippen LogP contribution in [-0.4, -0.2) is 96.7 Å². The summed E-state index contributed by atoms with van der Waals surface area (Å²) < 4.78 is 68.5. The highest BCUT2D eigenvalue weighted by Crippen LogP contribution is 2.45. The number of phosphoric acid groups is 2. The molecule has 0 saturated carbocycles. The largest absolute Gasteiger partial charge is 0.472 e. The van der Waals surface area contributed by atoms with Gasteiger partial charge in [0.25, 0.3) is 0 Å². The first-order valence-corrected chi connectivity index (χ1v) is 42.9. The smallest absolute Gasteiger partial charge is 0.462 e. The van der Waals surface area contributed by atoms with Gasteiger partial charge in [-0.1, -0.05) is 333 Å². The number of hydrogen-bond acceptors (Lipinski definition) is 15. The molecule has 0 aromatic heterocycles. The van der Waals surface area contributed by atoms with Crippen LogP contribution in [-0.2, 0) is 65.4 Å². The fourth-order valence-corrected chi connectivity index (χ4v) is 12.8. The van der Waals surface area contributed by atoms with Crippen LogP contribution in [0.15, 0.2) is 48.6 Å². The third-order valence-corrected chi connectivity index (χ3v) is 19.2. The molecule has 0 bridgehead atoms. The lowest BCUT2D eigenvalue weighted by Crippen LogP contribution is -2.30. The van der Waals surface area contributed by atoms with Gasteiger partial charge in [0.1, 0.15) is 19.3 Å². The first kappa shape index (κ1) is 95.0. The molecule has 0 aliphatic heterocycles. The van der Waals surface area contributed by atoms with E-state index in [2.05, 4.69) is 64.2 Å². The molecule has 5 atom stereocenters. The molecule has 0 radical (unpaired) electrons. The van der Waals surface area contributed by atoms with E-state index in [1.165, 1.54) is 193 Å². The Morgan fingerprint density at radius 1 is 0.286 bits per heavy atom. The lowest BCUT2D eigenvalue weighted by atomic mass is 10.0. The molecular weight excluding hydrogens is 1280 g/mol. The molecule has 0 rings (SSSR count). The summed E-state index contributed by atoms with van der Waals surface area (Å²) in [6, 6.07) is 0. The zero-order valence-corrected chi connectivity index (χ0v) is 64.5. The maximum atomic E-state index is 13.1. The van der Waals surface area contributed by atoms with Gasteiger partial charge in [-0.2, -0.15) is 0 Å². The minimum absolute atomic E-state index is 0.0909. The van der Waals surface area contributed by atoms with Gasteiger partial charge in [0, 0.05) is 25.7 Å². The van der Waals surface area contributed by atoms with Crippen molar-refractivity contribution in [3.63, 3.8) is 0 Å². The van der Waals surface area contributed by atoms with E-state index in [0.29, 0.717) is 32.1 Å². The molecule has 17 nitrogen and oxygen atoms in total. The summed E-state index contributed by atoms with van der Waals surface area (Å²) in [5, 5.41) is 10.6. The van der Waals surface area contributed by atoms with Crippen molar-refractivity contribution in [3.05, 3.63) is 48.6 Å². The molecule has 0 heterocycles. The van der Waals surface area contributed by atoms with Crippen LogP contribution >= 0.6 is 15.6 Å². The number of phosphoric ester groups is 2. The second kappa shape index (κ2) is 72.4. The second-order valence-electron chi connectivity index (χ2n) is 27.0. The van der Waals surface area contributed by atoms with Gasteiger partial charge in [-0.25, -0.2) is 9.13 Å². The van der Waals surface area contributed by atoms with Gasteiger partial charge in [0.2, 0.25) is 0 Å². The number of aliphatic hydroxyl groups excluding tert-OH is 1. The van der Waals surface area contributed by atoms with Crippen molar-refractivity contribution in [2.24, 2.45) is 0 Å². The van der Waals surface area contributed by atoms with E-state index < -0.39 is 97.5 Å². The topological polar surface area (TPSA) is 237 Å². The van der Waals surface area contributed by atoms with Crippen LogP contribution in [0.2, 0.25) is 0 Å². The number of allylic oxidation sites excluding steroid dienone is 8. The van der Waals surface area contributed by atoms with Crippen LogP contribution in [0.5, 0.6) is 0 Å². The van der Waals surface area contributed by atoms with Crippen LogP contribution in [0, 0.1) is 0 Å². The summed E-state index contributed by atoms with van der Waals surface area (Å²) in [6.45, 7) is 4.87. The number of hydrogen-bond donors (Lipinski definition) is 3. The Kier molecular flexibility index (Phi) is 70.2. The second-order valence-corrected chi connectivity index (χ2v) is 29.9. The molecule has 2 unspecified atom stereocenters. The Morgan fingerprint density at radius 2 is 0.510 bits per heavy atom. The van der Waals surface area contributed by atoms with E-state index in [4.69, 9.17) is 37.0 Å². The SMILES string of the molecule is CCCCC/C=C\C/C=C\C/C=C\C/C=C\CCCC(=O)OC[C@H](COP(=O)(O)OC[C@H](O)COP(=O)(O)OC[C@@H](COC(=O)CCCCCCCCCCCCCCCCC)OC(=O)CCCCCCCCCCCCCCC)OC(=O)CCCCCCCCCCCCCCC. The van der Waals surface area contributed by atoms with Gasteiger partial charge in [-0.15, -0.1) is 0 Å². The van der Waals surface area contributed by atoms with Gasteiger partial charge in [-0.05, 0) is 64.2 Å². The van der Waals surface area contributed by atoms with Crippen LogP contribution in [0.4, 0.5) is 0 Å². The van der Waals surface area contributed by atoms with E-state index in [-0.39, 0.29) is 25.7 Å². The Morgan fingerprint density at radius 3 is 0.806 bits per heavy atom. The number of carbonyl (C=O) groups excluding carboxylic acids is 4. The maximum absolute atomic E-state index is 13.1. The Balaban J connectivity index is 5.33. The van der Waals surface area contributed by atoms with Gasteiger partial charge in [0.05, 0.1) is 26.4 Å². The summed E-state index contributed by atoms with van der Waals surface area (Å²) >= 11 is 0. The number of esters is 4. The molecule has 0 saturated heterocycles. The van der Waals surface area contributed by atoms with Crippen LogP contribution in [0.3, 0.4) is 0 Å². The average Bonchev–Trinajstić information content (AvgIpc) is 0.969. The predicted octanol–water partition coefficient (Wildman–Crippen LogP) is 22.9. The molecule has 0 aliphatic carbocycles. The minimum atomic E-state index is -4.98. The van der Waals surface area contributed by atoms with Crippen molar-refractivity contribution < 1.29 is 80.2 Å². The zero-order valence-electron chi connectivity index (χ0n) is 62.7. The van der Waals surface area contributed by atoms with E-state index >= 15 is 0 Å². The molecule has 3 N–H and O–H groups in total. The first-order valence-electron chi connectivity index (χ1n) is 39.9. The fourth-order valence-electron chi connectivity index (χ4n) is 11.2. The highest BCUT2D eigenvalue weighted by molar-refractivity contribution is 7.47. The lowest BCUT2D eigenvalue weighted by Gasteiger charge is -2.21. The minimum Gasteiger partial charge on any atom is -0.462 e. The quantitative estimate of drug-likeness (QED) is 0.0169. The van der Waals surface area contributed by atoms with Crippen molar-refractivity contribution in [3.8, 4) is 0 Å². The molecule has 0 amide bonds. The van der Waals surface area contributed by atoms with E-state index in [0.717, 1.165) is 96.3 Å². The maximum Gasteiger partial charge on any atom is 0.472 e. The van der Waals surface area contributed by atoms with Crippen molar-refractivity contribution in [1.82, 2.24) is 0 Å². The summed E-state index contributed by atoms with van der Waals surface area (Å²) in [5.41, 5.74) is 0. The van der Waals surface area contributed by atoms with Gasteiger partial charge in [0.15, 0.2) is 12.2 Å². The normalized spacial score (nSPS) is 14.2. The van der Waals surface area contributed by atoms with Crippen molar-refractivity contribution in [2.45, 2.75) is 393 Å². The Bertz CT molecular complexity index is 2050. The molecule has 19 heteroatoms. The number of unbranched alkanes of at least 4 members (excludes halogenated alkanes) is 42. The molecule has 0 aromatic carbocycles.